The summed E-state index contributed by atoms with van der Waals surface area (Å²) >= 11 is 0. The van der Waals surface area contributed by atoms with Crippen molar-refractivity contribution in [3.63, 3.8) is 0 Å². The molecule has 0 aliphatic carbocycles. The van der Waals surface area contributed by atoms with Crippen molar-refractivity contribution in [3.8, 4) is 5.75 Å². The van der Waals surface area contributed by atoms with Crippen LogP contribution in [0, 0.1) is 12.7 Å². The molecule has 0 spiro atoms. The van der Waals surface area contributed by atoms with Gasteiger partial charge in [0, 0.05) is 0 Å². The molecular weight excluding hydrogens is 246 g/mol. The molecule has 3 nitrogen and oxygen atoms in total. The Morgan fingerprint density at radius 1 is 1.11 bits per heavy atom. The molecule has 0 atom stereocenters. The second-order valence-electron chi connectivity index (χ2n) is 4.31. The van der Waals surface area contributed by atoms with E-state index in [0.717, 1.165) is 11.1 Å². The van der Waals surface area contributed by atoms with Crippen LogP contribution in [0.25, 0.3) is 0 Å². The predicted octanol–water partition coefficient (Wildman–Crippen LogP) is 1.39. The Hall–Kier alpha value is -1.85. The van der Waals surface area contributed by atoms with Crippen LogP contribution in [0.5, 0.6) is 5.75 Å². The van der Waals surface area contributed by atoms with Crippen molar-refractivity contribution in [2.24, 2.45) is 0 Å². The first kappa shape index (κ1) is 13.6. The molecule has 0 radical (unpaired) electrons. The fraction of sp³-hybridized carbons (Fsp3) is 0.143. The second kappa shape index (κ2) is 5.86. The molecule has 0 fully saturated rings. The van der Waals surface area contributed by atoms with Crippen LogP contribution in [0.3, 0.4) is 0 Å². The molecule has 0 amide bonds. The van der Waals surface area contributed by atoms with Crippen molar-refractivity contribution < 1.29 is 19.2 Å². The highest BCUT2D eigenvalue weighted by Gasteiger charge is 2.13. The summed E-state index contributed by atoms with van der Waals surface area (Å²) in [6.07, 6.45) is 0. The monoisotopic (exact) mass is 260 g/mol. The molecule has 0 saturated carbocycles. The van der Waals surface area contributed by atoms with E-state index >= 15 is 0 Å². The zero-order valence-corrected chi connectivity index (χ0v) is 10.5. The lowest BCUT2D eigenvalue weighted by molar-refractivity contribution is 0.306. The number of rotatable bonds is 4. The molecule has 0 unspecified atom stereocenters. The van der Waals surface area contributed by atoms with Gasteiger partial charge in [0.25, 0.3) is 0 Å². The molecule has 0 bridgehead atoms. The zero-order chi connectivity index (χ0) is 13.8. The number of hydrogen-bond donors (Lipinski definition) is 2. The summed E-state index contributed by atoms with van der Waals surface area (Å²) in [6, 6.07) is 11.1. The van der Waals surface area contributed by atoms with Crippen LogP contribution in [-0.4, -0.2) is 17.2 Å². The molecule has 2 N–H and O–H groups in total. The Balaban J connectivity index is 2.04. The molecule has 19 heavy (non-hydrogen) atoms. The lowest BCUT2D eigenvalue weighted by Gasteiger charge is -2.10. The molecule has 2 aromatic carbocycles. The van der Waals surface area contributed by atoms with Gasteiger partial charge < -0.3 is 14.8 Å². The molecule has 2 aromatic rings. The Bertz CT molecular complexity index is 555. The number of ether oxygens (including phenoxy) is 1. The van der Waals surface area contributed by atoms with Crippen LogP contribution in [0.2, 0.25) is 0 Å². The summed E-state index contributed by atoms with van der Waals surface area (Å²) in [5.41, 5.74) is 2.06. The minimum Gasteiger partial charge on any atom is -0.489 e. The number of halogens is 1. The summed E-state index contributed by atoms with van der Waals surface area (Å²) < 4.78 is 18.3. The number of aryl methyl sites for hydroxylation is 1. The third kappa shape index (κ3) is 3.56. The standard InChI is InChI=1S/C14H14BFO3/c1-10-8-13(6-7-14(10)15(17)18)19-9-11-2-4-12(16)5-3-11/h2-8,17-18H,9H2,1H3. The Morgan fingerprint density at radius 2 is 1.79 bits per heavy atom. The van der Waals surface area contributed by atoms with Crippen LogP contribution in [0.1, 0.15) is 11.1 Å². The summed E-state index contributed by atoms with van der Waals surface area (Å²) in [4.78, 5) is 0. The topological polar surface area (TPSA) is 49.7 Å². The highest BCUT2D eigenvalue weighted by Crippen LogP contribution is 2.14. The van der Waals surface area contributed by atoms with E-state index < -0.39 is 7.12 Å². The number of hydrogen-bond acceptors (Lipinski definition) is 3. The van der Waals surface area contributed by atoms with E-state index in [4.69, 9.17) is 14.8 Å². The molecule has 5 heteroatoms. The minimum absolute atomic E-state index is 0.277. The molecule has 0 aromatic heterocycles. The molecular formula is C14H14BFO3. The quantitative estimate of drug-likeness (QED) is 0.817. The predicted molar refractivity (Wildman–Crippen MR) is 71.7 cm³/mol. The average molecular weight is 260 g/mol. The number of benzene rings is 2. The molecule has 0 saturated heterocycles. The first-order chi connectivity index (χ1) is 9.06. The van der Waals surface area contributed by atoms with Gasteiger partial charge in [-0.2, -0.15) is 0 Å². The maximum atomic E-state index is 12.7. The van der Waals surface area contributed by atoms with Gasteiger partial charge in [0.1, 0.15) is 18.2 Å². The smallest absolute Gasteiger partial charge is 0.488 e. The van der Waals surface area contributed by atoms with Gasteiger partial charge in [0.05, 0.1) is 0 Å². The summed E-state index contributed by atoms with van der Waals surface area (Å²) in [6.45, 7) is 2.11. The zero-order valence-electron chi connectivity index (χ0n) is 10.5. The van der Waals surface area contributed by atoms with Gasteiger partial charge in [-0.25, -0.2) is 4.39 Å². The van der Waals surface area contributed by atoms with Crippen LogP contribution in [0.15, 0.2) is 42.5 Å². The van der Waals surface area contributed by atoms with Gasteiger partial charge in [0.2, 0.25) is 0 Å². The van der Waals surface area contributed by atoms with Gasteiger partial charge in [-0.05, 0) is 47.8 Å². The first-order valence-electron chi connectivity index (χ1n) is 5.90. The van der Waals surface area contributed by atoms with E-state index in [-0.39, 0.29) is 5.82 Å². The Labute approximate surface area is 111 Å². The SMILES string of the molecule is Cc1cc(OCc2ccc(F)cc2)ccc1B(O)O. The van der Waals surface area contributed by atoms with Crippen molar-refractivity contribution in [2.75, 3.05) is 0 Å². The van der Waals surface area contributed by atoms with Gasteiger partial charge in [-0.15, -0.1) is 0 Å². The summed E-state index contributed by atoms with van der Waals surface area (Å²) in [7, 11) is -1.48. The highest BCUT2D eigenvalue weighted by atomic mass is 19.1. The van der Waals surface area contributed by atoms with Crippen LogP contribution in [0.4, 0.5) is 4.39 Å². The first-order valence-corrected chi connectivity index (χ1v) is 5.90. The van der Waals surface area contributed by atoms with Gasteiger partial charge in [0.15, 0.2) is 0 Å². The van der Waals surface area contributed by atoms with Crippen molar-refractivity contribution in [3.05, 3.63) is 59.4 Å². The molecule has 0 aliphatic heterocycles. The van der Waals surface area contributed by atoms with Gasteiger partial charge >= 0.3 is 7.12 Å². The summed E-state index contributed by atoms with van der Waals surface area (Å²) in [5, 5.41) is 18.2. The van der Waals surface area contributed by atoms with E-state index in [1.165, 1.54) is 12.1 Å². The van der Waals surface area contributed by atoms with E-state index in [2.05, 4.69) is 0 Å². The third-order valence-corrected chi connectivity index (χ3v) is 2.84. The highest BCUT2D eigenvalue weighted by molar-refractivity contribution is 6.59. The maximum Gasteiger partial charge on any atom is 0.488 e. The van der Waals surface area contributed by atoms with E-state index in [1.807, 2.05) is 0 Å². The lowest BCUT2D eigenvalue weighted by Crippen LogP contribution is -2.31. The average Bonchev–Trinajstić information content (AvgIpc) is 2.37. The van der Waals surface area contributed by atoms with Crippen molar-refractivity contribution in [1.82, 2.24) is 0 Å². The Morgan fingerprint density at radius 3 is 2.37 bits per heavy atom. The fourth-order valence-corrected chi connectivity index (χ4v) is 1.77. The van der Waals surface area contributed by atoms with Crippen molar-refractivity contribution >= 4 is 12.6 Å². The maximum absolute atomic E-state index is 12.7. The van der Waals surface area contributed by atoms with E-state index in [9.17, 15) is 4.39 Å². The Kier molecular flexibility index (Phi) is 4.19. The summed E-state index contributed by atoms with van der Waals surface area (Å²) in [5.74, 6) is 0.354. The van der Waals surface area contributed by atoms with Crippen LogP contribution >= 0.6 is 0 Å². The molecule has 2 rings (SSSR count). The minimum atomic E-state index is -1.48. The third-order valence-electron chi connectivity index (χ3n) is 2.84. The molecule has 0 heterocycles. The van der Waals surface area contributed by atoms with E-state index in [0.29, 0.717) is 17.8 Å². The normalized spacial score (nSPS) is 10.3. The van der Waals surface area contributed by atoms with E-state index in [1.54, 1.807) is 37.3 Å². The van der Waals surface area contributed by atoms with Crippen molar-refractivity contribution in [1.29, 1.82) is 0 Å². The van der Waals surface area contributed by atoms with Crippen LogP contribution in [-0.2, 0) is 6.61 Å². The second-order valence-corrected chi connectivity index (χ2v) is 4.31. The van der Waals surface area contributed by atoms with Crippen molar-refractivity contribution in [2.45, 2.75) is 13.5 Å². The van der Waals surface area contributed by atoms with Crippen LogP contribution < -0.4 is 10.2 Å². The van der Waals surface area contributed by atoms with Gasteiger partial charge in [-0.1, -0.05) is 18.2 Å². The molecule has 0 aliphatic rings. The lowest BCUT2D eigenvalue weighted by atomic mass is 9.77. The molecule has 98 valence electrons. The van der Waals surface area contributed by atoms with Gasteiger partial charge in [-0.3, -0.25) is 0 Å². The fourth-order valence-electron chi connectivity index (χ4n) is 1.77. The largest absolute Gasteiger partial charge is 0.489 e.